The molecule has 0 heterocycles. The van der Waals surface area contributed by atoms with E-state index in [4.69, 9.17) is 0 Å². The number of rotatable bonds is 4. The van der Waals surface area contributed by atoms with Crippen LogP contribution in [0.5, 0.6) is 0 Å². The first-order valence-electron chi connectivity index (χ1n) is 5.10. The van der Waals surface area contributed by atoms with Crippen LogP contribution in [0, 0.1) is 0 Å². The molecule has 0 aromatic carbocycles. The Labute approximate surface area is 88.9 Å². The molecule has 84 valence electrons. The van der Waals surface area contributed by atoms with Gasteiger partial charge in [-0.15, -0.1) is 0 Å². The van der Waals surface area contributed by atoms with E-state index in [-0.39, 0.29) is 18.2 Å². The Bertz CT molecular complexity index is 304. The van der Waals surface area contributed by atoms with E-state index in [9.17, 15) is 14.7 Å². The molecule has 1 unspecified atom stereocenters. The van der Waals surface area contributed by atoms with Gasteiger partial charge >= 0.3 is 5.97 Å². The molecule has 15 heavy (non-hydrogen) atoms. The van der Waals surface area contributed by atoms with E-state index in [1.165, 1.54) is 7.11 Å². The maximum Gasteiger partial charge on any atom is 0.305 e. The molecule has 1 aliphatic carbocycles. The molecular weight excluding hydrogens is 196 g/mol. The van der Waals surface area contributed by atoms with Crippen molar-refractivity contribution in [1.29, 1.82) is 0 Å². The summed E-state index contributed by atoms with van der Waals surface area (Å²) in [7, 11) is 1.34. The van der Waals surface area contributed by atoms with Crippen molar-refractivity contribution in [3.05, 3.63) is 11.1 Å². The molecule has 0 saturated heterocycles. The van der Waals surface area contributed by atoms with Gasteiger partial charge in [-0.25, -0.2) is 0 Å². The molecule has 0 aromatic heterocycles. The molecule has 0 bridgehead atoms. The lowest BCUT2D eigenvalue weighted by Crippen LogP contribution is -2.14. The average molecular weight is 212 g/mol. The topological polar surface area (TPSA) is 63.6 Å². The number of carbonyl (C=O) groups excluding carboxylic acids is 2. The molecule has 0 aliphatic heterocycles. The molecule has 4 heteroatoms. The average Bonchev–Trinajstić information content (AvgIpc) is 2.51. The standard InChI is InChI=1S/C11H16O4/c1-3-8-7(4-5-10(13)15-2)6-9(12)11(8)14/h9,12H,3-6H2,1-2H3. The van der Waals surface area contributed by atoms with Gasteiger partial charge in [-0.05, 0) is 18.4 Å². The smallest absolute Gasteiger partial charge is 0.305 e. The lowest BCUT2D eigenvalue weighted by Gasteiger charge is -2.03. The van der Waals surface area contributed by atoms with Crippen molar-refractivity contribution < 1.29 is 19.4 Å². The fraction of sp³-hybridized carbons (Fsp3) is 0.636. The number of hydrogen-bond donors (Lipinski definition) is 1. The molecule has 1 N–H and O–H groups in total. The van der Waals surface area contributed by atoms with Gasteiger partial charge in [-0.1, -0.05) is 12.5 Å². The van der Waals surface area contributed by atoms with Crippen molar-refractivity contribution in [1.82, 2.24) is 0 Å². The Morgan fingerprint density at radius 2 is 2.27 bits per heavy atom. The van der Waals surface area contributed by atoms with Crippen LogP contribution in [0.3, 0.4) is 0 Å². The van der Waals surface area contributed by atoms with Gasteiger partial charge in [0.2, 0.25) is 0 Å². The molecule has 0 aromatic rings. The van der Waals surface area contributed by atoms with E-state index in [1.807, 2.05) is 6.92 Å². The van der Waals surface area contributed by atoms with Crippen LogP contribution in [-0.2, 0) is 14.3 Å². The van der Waals surface area contributed by atoms with E-state index in [2.05, 4.69) is 4.74 Å². The van der Waals surface area contributed by atoms with Crippen molar-refractivity contribution in [3.63, 3.8) is 0 Å². The lowest BCUT2D eigenvalue weighted by molar-refractivity contribution is -0.140. The molecule has 1 rings (SSSR count). The predicted molar refractivity (Wildman–Crippen MR) is 54.2 cm³/mol. The number of ether oxygens (including phenoxy) is 1. The van der Waals surface area contributed by atoms with Crippen molar-refractivity contribution in [2.45, 2.75) is 38.7 Å². The van der Waals surface area contributed by atoms with E-state index >= 15 is 0 Å². The van der Waals surface area contributed by atoms with Crippen LogP contribution in [0.25, 0.3) is 0 Å². The Morgan fingerprint density at radius 1 is 1.60 bits per heavy atom. The fourth-order valence-electron chi connectivity index (χ4n) is 1.86. The van der Waals surface area contributed by atoms with Crippen LogP contribution in [-0.4, -0.2) is 30.1 Å². The quantitative estimate of drug-likeness (QED) is 0.705. The number of esters is 1. The van der Waals surface area contributed by atoms with Crippen molar-refractivity contribution >= 4 is 11.8 Å². The zero-order chi connectivity index (χ0) is 11.4. The van der Waals surface area contributed by atoms with E-state index < -0.39 is 6.10 Å². The maximum atomic E-state index is 11.4. The van der Waals surface area contributed by atoms with Crippen LogP contribution < -0.4 is 0 Å². The molecule has 4 nitrogen and oxygen atoms in total. The van der Waals surface area contributed by atoms with Crippen LogP contribution >= 0.6 is 0 Å². The summed E-state index contributed by atoms with van der Waals surface area (Å²) in [5.74, 6) is -0.468. The van der Waals surface area contributed by atoms with E-state index in [0.29, 0.717) is 24.8 Å². The summed E-state index contributed by atoms with van der Waals surface area (Å²) in [6.45, 7) is 1.88. The summed E-state index contributed by atoms with van der Waals surface area (Å²) in [6, 6.07) is 0. The summed E-state index contributed by atoms with van der Waals surface area (Å²) in [6.07, 6.45) is 0.881. The highest BCUT2D eigenvalue weighted by Gasteiger charge is 2.29. The first kappa shape index (κ1) is 11.9. The highest BCUT2D eigenvalue weighted by molar-refractivity contribution is 6.02. The van der Waals surface area contributed by atoms with Crippen LogP contribution in [0.1, 0.15) is 32.6 Å². The summed E-state index contributed by atoms with van der Waals surface area (Å²) in [5.41, 5.74) is 1.59. The second-order valence-electron chi connectivity index (χ2n) is 3.60. The van der Waals surface area contributed by atoms with Gasteiger partial charge < -0.3 is 9.84 Å². The molecule has 0 radical (unpaired) electrons. The van der Waals surface area contributed by atoms with E-state index in [1.54, 1.807) is 0 Å². The minimum atomic E-state index is -0.896. The summed E-state index contributed by atoms with van der Waals surface area (Å²) >= 11 is 0. The zero-order valence-corrected chi connectivity index (χ0v) is 9.08. The summed E-state index contributed by atoms with van der Waals surface area (Å²) in [5, 5.41) is 9.38. The largest absolute Gasteiger partial charge is 0.469 e. The SMILES string of the molecule is CCC1=C(CCC(=O)OC)CC(O)C1=O. The molecule has 0 spiro atoms. The lowest BCUT2D eigenvalue weighted by atomic mass is 10.0. The summed E-state index contributed by atoms with van der Waals surface area (Å²) in [4.78, 5) is 22.4. The first-order valence-corrected chi connectivity index (χ1v) is 5.10. The van der Waals surface area contributed by atoms with Gasteiger partial charge in [0.15, 0.2) is 5.78 Å². The van der Waals surface area contributed by atoms with Gasteiger partial charge in [-0.2, -0.15) is 0 Å². The van der Waals surface area contributed by atoms with Crippen molar-refractivity contribution in [2.75, 3.05) is 7.11 Å². The van der Waals surface area contributed by atoms with Gasteiger partial charge in [0, 0.05) is 12.8 Å². The normalized spacial score (nSPS) is 21.0. The second-order valence-corrected chi connectivity index (χ2v) is 3.60. The monoisotopic (exact) mass is 212 g/mol. The second kappa shape index (κ2) is 5.07. The number of ketones is 1. The molecular formula is C11H16O4. The maximum absolute atomic E-state index is 11.4. The third kappa shape index (κ3) is 2.65. The first-order chi connectivity index (χ1) is 7.10. The Kier molecular flexibility index (Phi) is 4.03. The van der Waals surface area contributed by atoms with Gasteiger partial charge in [0.1, 0.15) is 6.10 Å². The van der Waals surface area contributed by atoms with Gasteiger partial charge in [0.05, 0.1) is 7.11 Å². The van der Waals surface area contributed by atoms with Crippen LogP contribution in [0.2, 0.25) is 0 Å². The Hall–Kier alpha value is -1.16. The number of Topliss-reactive ketones (excluding diaryl/α,β-unsaturated/α-hetero) is 1. The zero-order valence-electron chi connectivity index (χ0n) is 9.08. The number of aliphatic hydroxyl groups is 1. The van der Waals surface area contributed by atoms with E-state index in [0.717, 1.165) is 5.57 Å². The number of methoxy groups -OCH3 is 1. The Morgan fingerprint density at radius 3 is 2.80 bits per heavy atom. The molecule has 1 atom stereocenters. The fourth-order valence-corrected chi connectivity index (χ4v) is 1.86. The van der Waals surface area contributed by atoms with Crippen molar-refractivity contribution in [2.24, 2.45) is 0 Å². The van der Waals surface area contributed by atoms with Gasteiger partial charge in [-0.3, -0.25) is 9.59 Å². The highest BCUT2D eigenvalue weighted by Crippen LogP contribution is 2.28. The van der Waals surface area contributed by atoms with Crippen LogP contribution in [0.15, 0.2) is 11.1 Å². The number of aliphatic hydroxyl groups excluding tert-OH is 1. The molecule has 0 amide bonds. The minimum absolute atomic E-state index is 0.183. The minimum Gasteiger partial charge on any atom is -0.469 e. The number of carbonyl (C=O) groups is 2. The summed E-state index contributed by atoms with van der Waals surface area (Å²) < 4.78 is 4.52. The third-order valence-electron chi connectivity index (χ3n) is 2.68. The molecule has 0 saturated carbocycles. The molecule has 0 fully saturated rings. The Balaban J connectivity index is 2.63. The van der Waals surface area contributed by atoms with Gasteiger partial charge in [0.25, 0.3) is 0 Å². The predicted octanol–water partition coefficient (Wildman–Crippen LogP) is 0.980. The van der Waals surface area contributed by atoms with Crippen LogP contribution in [0.4, 0.5) is 0 Å². The molecule has 1 aliphatic rings. The third-order valence-corrected chi connectivity index (χ3v) is 2.68. The highest BCUT2D eigenvalue weighted by atomic mass is 16.5. The number of hydrogen-bond acceptors (Lipinski definition) is 4. The van der Waals surface area contributed by atoms with Crippen molar-refractivity contribution in [3.8, 4) is 0 Å².